The molecule has 0 spiro atoms. The fourth-order valence-corrected chi connectivity index (χ4v) is 2.49. The van der Waals surface area contributed by atoms with Gasteiger partial charge < -0.3 is 10.4 Å². The molecular formula is C7H15NOS. The number of aliphatic hydroxyl groups is 1. The van der Waals surface area contributed by atoms with Crippen LogP contribution in [-0.2, 0) is 0 Å². The minimum absolute atomic E-state index is 0.353. The molecule has 60 valence electrons. The predicted octanol–water partition coefficient (Wildman–Crippen LogP) is 0.464. The maximum atomic E-state index is 9.76. The van der Waals surface area contributed by atoms with Crippen LogP contribution in [0.3, 0.4) is 0 Å². The van der Waals surface area contributed by atoms with Gasteiger partial charge in [-0.3, -0.25) is 0 Å². The lowest BCUT2D eigenvalue weighted by molar-refractivity contribution is 0.0597. The van der Waals surface area contributed by atoms with E-state index in [-0.39, 0.29) is 5.60 Å². The molecule has 0 aromatic heterocycles. The molecule has 1 fully saturated rings. The SMILES string of the molecule is CNCCC1(O)CCSC1. The van der Waals surface area contributed by atoms with Crippen molar-refractivity contribution in [1.82, 2.24) is 5.32 Å². The Kier molecular flexibility index (Phi) is 3.01. The number of nitrogens with one attached hydrogen (secondary N) is 1. The van der Waals surface area contributed by atoms with Crippen molar-refractivity contribution in [3.8, 4) is 0 Å². The Morgan fingerprint density at radius 3 is 3.00 bits per heavy atom. The van der Waals surface area contributed by atoms with Crippen LogP contribution in [0.2, 0.25) is 0 Å². The highest BCUT2D eigenvalue weighted by molar-refractivity contribution is 7.99. The van der Waals surface area contributed by atoms with E-state index in [0.29, 0.717) is 0 Å². The van der Waals surface area contributed by atoms with Crippen LogP contribution in [0.5, 0.6) is 0 Å². The summed E-state index contributed by atoms with van der Waals surface area (Å²) in [6, 6.07) is 0. The summed E-state index contributed by atoms with van der Waals surface area (Å²) >= 11 is 1.85. The van der Waals surface area contributed by atoms with E-state index in [9.17, 15) is 5.11 Å². The predicted molar refractivity (Wildman–Crippen MR) is 45.4 cm³/mol. The first-order chi connectivity index (χ1) is 4.77. The highest BCUT2D eigenvalue weighted by Gasteiger charge is 2.30. The van der Waals surface area contributed by atoms with Crippen LogP contribution in [0.15, 0.2) is 0 Å². The summed E-state index contributed by atoms with van der Waals surface area (Å²) < 4.78 is 0. The van der Waals surface area contributed by atoms with Gasteiger partial charge in [0.15, 0.2) is 0 Å². The zero-order valence-electron chi connectivity index (χ0n) is 6.39. The van der Waals surface area contributed by atoms with E-state index in [4.69, 9.17) is 0 Å². The number of hydrogen-bond donors (Lipinski definition) is 2. The minimum atomic E-state index is -0.353. The quantitative estimate of drug-likeness (QED) is 0.631. The van der Waals surface area contributed by atoms with Crippen molar-refractivity contribution in [3.63, 3.8) is 0 Å². The van der Waals surface area contributed by atoms with Crippen molar-refractivity contribution < 1.29 is 5.11 Å². The van der Waals surface area contributed by atoms with Gasteiger partial charge in [-0.15, -0.1) is 0 Å². The molecular weight excluding hydrogens is 146 g/mol. The van der Waals surface area contributed by atoms with Crippen molar-refractivity contribution in [3.05, 3.63) is 0 Å². The van der Waals surface area contributed by atoms with E-state index in [2.05, 4.69) is 5.32 Å². The molecule has 2 nitrogen and oxygen atoms in total. The molecule has 0 bridgehead atoms. The second-order valence-corrected chi connectivity index (χ2v) is 3.99. The summed E-state index contributed by atoms with van der Waals surface area (Å²) in [6.45, 7) is 0.928. The third-order valence-electron chi connectivity index (χ3n) is 1.92. The molecule has 1 atom stereocenters. The van der Waals surface area contributed by atoms with Gasteiger partial charge in [0.25, 0.3) is 0 Å². The first-order valence-corrected chi connectivity index (χ1v) is 4.87. The monoisotopic (exact) mass is 161 g/mol. The van der Waals surface area contributed by atoms with Gasteiger partial charge in [0.05, 0.1) is 5.60 Å². The topological polar surface area (TPSA) is 32.3 Å². The van der Waals surface area contributed by atoms with Crippen LogP contribution in [0, 0.1) is 0 Å². The molecule has 0 aromatic carbocycles. The molecule has 1 rings (SSSR count). The summed E-state index contributed by atoms with van der Waals surface area (Å²) in [7, 11) is 1.92. The summed E-state index contributed by atoms with van der Waals surface area (Å²) in [5.41, 5.74) is -0.353. The zero-order valence-corrected chi connectivity index (χ0v) is 7.21. The van der Waals surface area contributed by atoms with Crippen LogP contribution >= 0.6 is 11.8 Å². The fourth-order valence-electron chi connectivity index (χ4n) is 1.15. The first-order valence-electron chi connectivity index (χ1n) is 3.72. The molecule has 0 radical (unpaired) electrons. The van der Waals surface area contributed by atoms with Crippen LogP contribution in [0.1, 0.15) is 12.8 Å². The van der Waals surface area contributed by atoms with Gasteiger partial charge in [0.2, 0.25) is 0 Å². The maximum absolute atomic E-state index is 9.76. The Bertz CT molecular complexity index is 102. The average Bonchev–Trinajstić information content (AvgIpc) is 2.33. The first kappa shape index (κ1) is 8.37. The van der Waals surface area contributed by atoms with Crippen molar-refractivity contribution in [2.75, 3.05) is 25.1 Å². The molecule has 2 N–H and O–H groups in total. The summed E-state index contributed by atoms with van der Waals surface area (Å²) in [6.07, 6.45) is 1.87. The van der Waals surface area contributed by atoms with E-state index in [1.54, 1.807) is 0 Å². The third-order valence-corrected chi connectivity index (χ3v) is 3.16. The van der Waals surface area contributed by atoms with Crippen LogP contribution in [0.4, 0.5) is 0 Å². The Morgan fingerprint density at radius 1 is 1.70 bits per heavy atom. The van der Waals surface area contributed by atoms with Crippen molar-refractivity contribution in [2.45, 2.75) is 18.4 Å². The van der Waals surface area contributed by atoms with Gasteiger partial charge in [0.1, 0.15) is 0 Å². The molecule has 1 aliphatic rings. The minimum Gasteiger partial charge on any atom is -0.389 e. The molecule has 10 heavy (non-hydrogen) atoms. The van der Waals surface area contributed by atoms with Crippen molar-refractivity contribution >= 4 is 11.8 Å². The van der Waals surface area contributed by atoms with Crippen LogP contribution < -0.4 is 5.32 Å². The number of rotatable bonds is 3. The lowest BCUT2D eigenvalue weighted by Gasteiger charge is -2.20. The van der Waals surface area contributed by atoms with E-state index >= 15 is 0 Å². The molecule has 0 amide bonds. The lowest BCUT2D eigenvalue weighted by atomic mass is 10.00. The normalized spacial score (nSPS) is 33.0. The van der Waals surface area contributed by atoms with Crippen LogP contribution in [-0.4, -0.2) is 35.8 Å². The Hall–Kier alpha value is 0.270. The van der Waals surface area contributed by atoms with E-state index in [0.717, 1.165) is 30.9 Å². The fraction of sp³-hybridized carbons (Fsp3) is 1.00. The Morgan fingerprint density at radius 2 is 2.50 bits per heavy atom. The molecule has 1 saturated heterocycles. The highest BCUT2D eigenvalue weighted by Crippen LogP contribution is 2.29. The summed E-state index contributed by atoms with van der Waals surface area (Å²) in [4.78, 5) is 0. The molecule has 1 unspecified atom stereocenters. The molecule has 1 heterocycles. The average molecular weight is 161 g/mol. The molecule has 0 aliphatic carbocycles. The molecule has 3 heteroatoms. The lowest BCUT2D eigenvalue weighted by Crippen LogP contribution is -2.31. The van der Waals surface area contributed by atoms with Gasteiger partial charge in [-0.05, 0) is 32.2 Å². The second kappa shape index (κ2) is 3.60. The number of hydrogen-bond acceptors (Lipinski definition) is 3. The number of thioether (sulfide) groups is 1. The van der Waals surface area contributed by atoms with Gasteiger partial charge in [-0.25, -0.2) is 0 Å². The third kappa shape index (κ3) is 2.15. The standard InChI is InChI=1S/C7H15NOS/c1-8-4-2-7(9)3-5-10-6-7/h8-9H,2-6H2,1H3. The van der Waals surface area contributed by atoms with E-state index in [1.165, 1.54) is 0 Å². The van der Waals surface area contributed by atoms with E-state index in [1.807, 2.05) is 18.8 Å². The van der Waals surface area contributed by atoms with Gasteiger partial charge in [-0.1, -0.05) is 0 Å². The highest BCUT2D eigenvalue weighted by atomic mass is 32.2. The smallest absolute Gasteiger partial charge is 0.0757 e. The van der Waals surface area contributed by atoms with Gasteiger partial charge in [0, 0.05) is 5.75 Å². The maximum Gasteiger partial charge on any atom is 0.0757 e. The summed E-state index contributed by atoms with van der Waals surface area (Å²) in [5, 5.41) is 12.8. The Balaban J connectivity index is 2.22. The molecule has 0 aromatic rings. The van der Waals surface area contributed by atoms with Crippen LogP contribution in [0.25, 0.3) is 0 Å². The van der Waals surface area contributed by atoms with E-state index < -0.39 is 0 Å². The summed E-state index contributed by atoms with van der Waals surface area (Å²) in [5.74, 6) is 2.05. The van der Waals surface area contributed by atoms with Crippen molar-refractivity contribution in [1.29, 1.82) is 0 Å². The second-order valence-electron chi connectivity index (χ2n) is 2.88. The zero-order chi connectivity index (χ0) is 7.45. The Labute approximate surface area is 66.4 Å². The van der Waals surface area contributed by atoms with Gasteiger partial charge >= 0.3 is 0 Å². The largest absolute Gasteiger partial charge is 0.389 e. The molecule has 0 saturated carbocycles. The van der Waals surface area contributed by atoms with Crippen molar-refractivity contribution in [2.24, 2.45) is 0 Å². The van der Waals surface area contributed by atoms with Gasteiger partial charge in [-0.2, -0.15) is 11.8 Å². The molecule has 1 aliphatic heterocycles.